The molecule has 0 aromatic carbocycles. The summed E-state index contributed by atoms with van der Waals surface area (Å²) in [6, 6.07) is 0. The van der Waals surface area contributed by atoms with Gasteiger partial charge in [0.25, 0.3) is 0 Å². The third kappa shape index (κ3) is 0.980. The van der Waals surface area contributed by atoms with Crippen LogP contribution in [-0.2, 0) is 9.47 Å². The first kappa shape index (κ1) is 15.0. The maximum atomic E-state index is 7.16. The van der Waals surface area contributed by atoms with Gasteiger partial charge in [0.05, 0.1) is 12.2 Å². The third-order valence-electron chi connectivity index (χ3n) is 9.58. The third-order valence-corrected chi connectivity index (χ3v) is 9.58. The molecule has 0 spiro atoms. The molecule has 6 unspecified atom stereocenters. The molecule has 2 saturated heterocycles. The van der Waals surface area contributed by atoms with E-state index in [1.165, 1.54) is 6.42 Å². The first-order chi connectivity index (χ1) is 12.2. The topological polar surface area (TPSA) is 18.5 Å². The van der Waals surface area contributed by atoms with Gasteiger partial charge in [-0.25, -0.2) is 0 Å². The van der Waals surface area contributed by atoms with Gasteiger partial charge in [0, 0.05) is 22.7 Å². The van der Waals surface area contributed by atoms with Crippen LogP contribution >= 0.6 is 0 Å². The Bertz CT molecular complexity index is 726. The summed E-state index contributed by atoms with van der Waals surface area (Å²) in [5, 5.41) is 0. The molecule has 0 amide bonds. The highest BCUT2D eigenvalue weighted by Crippen LogP contribution is 3.03. The molecule has 7 rings (SSSR count). The Hall–Kier alpha value is -1.12. The van der Waals surface area contributed by atoms with E-state index in [4.69, 9.17) is 9.47 Å². The van der Waals surface area contributed by atoms with Crippen molar-refractivity contribution in [2.45, 2.75) is 37.1 Å². The largest absolute Gasteiger partial charge is 0.345 e. The molecule has 2 heterocycles. The van der Waals surface area contributed by atoms with Crippen LogP contribution in [0, 0.1) is 46.3 Å². The van der Waals surface area contributed by atoms with Crippen LogP contribution in [-0.4, -0.2) is 18.0 Å². The van der Waals surface area contributed by atoms with Gasteiger partial charge in [0.15, 0.2) is 5.79 Å². The monoisotopic (exact) mass is 336 g/mol. The smallest absolute Gasteiger partial charge is 0.179 e. The minimum atomic E-state index is -0.427. The van der Waals surface area contributed by atoms with Gasteiger partial charge in [-0.1, -0.05) is 24.3 Å². The average molecular weight is 336 g/mol. The molecule has 0 aromatic heterocycles. The molecule has 7 fully saturated rings. The van der Waals surface area contributed by atoms with Gasteiger partial charge in [-0.2, -0.15) is 0 Å². The lowest BCUT2D eigenvalue weighted by atomic mass is 9.35. The maximum Gasteiger partial charge on any atom is 0.179 e. The molecule has 5 saturated carbocycles. The fourth-order valence-electron chi connectivity index (χ4n) is 10.2. The molecule has 10 atom stereocenters. The number of rotatable bonds is 9. The second kappa shape index (κ2) is 4.07. The highest BCUT2D eigenvalue weighted by atomic mass is 16.7. The van der Waals surface area contributed by atoms with Crippen molar-refractivity contribution in [2.75, 3.05) is 6.61 Å². The molecule has 7 aliphatic rings. The Kier molecular flexibility index (Phi) is 2.44. The Morgan fingerprint density at radius 1 is 0.800 bits per heavy atom. The van der Waals surface area contributed by atoms with Crippen molar-refractivity contribution in [3.05, 3.63) is 50.6 Å². The van der Waals surface area contributed by atoms with Gasteiger partial charge in [-0.15, -0.1) is 26.3 Å². The highest BCUT2D eigenvalue weighted by Gasteiger charge is 3.06. The van der Waals surface area contributed by atoms with E-state index in [-0.39, 0.29) is 16.4 Å². The van der Waals surface area contributed by atoms with Crippen LogP contribution in [0.3, 0.4) is 0 Å². The lowest BCUT2D eigenvalue weighted by Gasteiger charge is -2.67. The molecule has 4 bridgehead atoms. The SMILES string of the molecule is C=CCO[C@@]12O[C@@]3(CC=C)C4C5CC(C41)C1C5[C@@]3(CC=C)[C@@]12CC=C. The molecule has 0 radical (unpaired) electrons. The van der Waals surface area contributed by atoms with Crippen molar-refractivity contribution < 1.29 is 9.47 Å². The van der Waals surface area contributed by atoms with Crippen LogP contribution in [0.4, 0.5) is 0 Å². The zero-order chi connectivity index (χ0) is 17.2. The summed E-state index contributed by atoms with van der Waals surface area (Å²) in [6.45, 7) is 16.9. The summed E-state index contributed by atoms with van der Waals surface area (Å²) in [6.07, 6.45) is 12.7. The predicted molar refractivity (Wildman–Crippen MR) is 97.6 cm³/mol. The fraction of sp³-hybridized carbons (Fsp3) is 0.652. The zero-order valence-corrected chi connectivity index (χ0v) is 15.0. The number of ether oxygens (including phenoxy) is 2. The first-order valence-corrected chi connectivity index (χ1v) is 9.95. The van der Waals surface area contributed by atoms with Crippen LogP contribution in [0.5, 0.6) is 0 Å². The van der Waals surface area contributed by atoms with Crippen LogP contribution < -0.4 is 0 Å². The van der Waals surface area contributed by atoms with Gasteiger partial charge in [-0.3, -0.25) is 0 Å². The molecule has 2 heteroatoms. The van der Waals surface area contributed by atoms with Crippen molar-refractivity contribution in [3.63, 3.8) is 0 Å². The minimum Gasteiger partial charge on any atom is -0.345 e. The first-order valence-electron chi connectivity index (χ1n) is 9.95. The Balaban J connectivity index is 1.65. The number of hydrogen-bond donors (Lipinski definition) is 0. The fourth-order valence-corrected chi connectivity index (χ4v) is 10.2. The quantitative estimate of drug-likeness (QED) is 0.577. The van der Waals surface area contributed by atoms with Gasteiger partial charge in [-0.05, 0) is 49.4 Å². The average Bonchev–Trinajstić information content (AvgIpc) is 3.27. The Morgan fingerprint density at radius 2 is 1.44 bits per heavy atom. The molecule has 2 nitrogen and oxygen atoms in total. The van der Waals surface area contributed by atoms with Crippen molar-refractivity contribution in [1.82, 2.24) is 0 Å². The van der Waals surface area contributed by atoms with Crippen LogP contribution in [0.15, 0.2) is 50.6 Å². The van der Waals surface area contributed by atoms with E-state index in [9.17, 15) is 0 Å². The normalized spacial score (nSPS) is 62.6. The maximum absolute atomic E-state index is 7.16. The van der Waals surface area contributed by atoms with E-state index in [1.807, 2.05) is 6.08 Å². The van der Waals surface area contributed by atoms with Crippen molar-refractivity contribution in [1.29, 1.82) is 0 Å². The van der Waals surface area contributed by atoms with Gasteiger partial charge in [0.1, 0.15) is 0 Å². The molecule has 5 aliphatic carbocycles. The van der Waals surface area contributed by atoms with Gasteiger partial charge in [0.2, 0.25) is 0 Å². The van der Waals surface area contributed by atoms with Crippen LogP contribution in [0.25, 0.3) is 0 Å². The Labute approximate surface area is 150 Å². The number of allylic oxidation sites excluding steroid dienone is 2. The van der Waals surface area contributed by atoms with E-state index in [2.05, 4.69) is 44.5 Å². The van der Waals surface area contributed by atoms with Crippen molar-refractivity contribution >= 4 is 0 Å². The summed E-state index contributed by atoms with van der Waals surface area (Å²) in [7, 11) is 0. The van der Waals surface area contributed by atoms with E-state index in [1.54, 1.807) is 0 Å². The molecular weight excluding hydrogens is 308 g/mol. The molecule has 0 aromatic rings. The summed E-state index contributed by atoms with van der Waals surface area (Å²) < 4.78 is 13.8. The summed E-state index contributed by atoms with van der Waals surface area (Å²) in [4.78, 5) is 0. The molecule has 0 N–H and O–H groups in total. The highest BCUT2D eigenvalue weighted by molar-refractivity contribution is 5.52. The van der Waals surface area contributed by atoms with E-state index < -0.39 is 5.79 Å². The lowest BCUT2D eigenvalue weighted by molar-refractivity contribution is -0.285. The Morgan fingerprint density at radius 3 is 2.12 bits per heavy atom. The van der Waals surface area contributed by atoms with Gasteiger partial charge < -0.3 is 9.47 Å². The van der Waals surface area contributed by atoms with Crippen LogP contribution in [0.2, 0.25) is 0 Å². The number of hydrogen-bond acceptors (Lipinski definition) is 2. The standard InChI is InChI=1S/C23H28O2/c1-5-9-20-16-14-13-15-17(16)21(20,10-6-2)23(24-12-8-4)19(15)18(14)22(20,25-23)11-7-3/h5-8,14-19H,1-4,9-13H2/t14?,15?,16?,17?,18?,19?,20-,21+,22-,23+/m0/s1. The van der Waals surface area contributed by atoms with Crippen molar-refractivity contribution in [2.24, 2.45) is 46.3 Å². The zero-order valence-electron chi connectivity index (χ0n) is 15.0. The van der Waals surface area contributed by atoms with Crippen LogP contribution in [0.1, 0.15) is 25.7 Å². The minimum absolute atomic E-state index is 0.0870. The lowest BCUT2D eigenvalue weighted by Crippen LogP contribution is -2.70. The molecular formula is C23H28O2. The molecule has 25 heavy (non-hydrogen) atoms. The van der Waals surface area contributed by atoms with Crippen molar-refractivity contribution in [3.8, 4) is 0 Å². The summed E-state index contributed by atoms with van der Waals surface area (Å²) in [5.74, 6) is 3.97. The van der Waals surface area contributed by atoms with E-state index >= 15 is 0 Å². The predicted octanol–water partition coefficient (Wildman–Crippen LogP) is 4.51. The second-order valence-corrected chi connectivity index (χ2v) is 9.35. The molecule has 2 aliphatic heterocycles. The second-order valence-electron chi connectivity index (χ2n) is 9.35. The summed E-state index contributed by atoms with van der Waals surface area (Å²) >= 11 is 0. The van der Waals surface area contributed by atoms with E-state index in [0.29, 0.717) is 18.4 Å². The van der Waals surface area contributed by atoms with Gasteiger partial charge >= 0.3 is 0 Å². The molecule has 132 valence electrons. The van der Waals surface area contributed by atoms with E-state index in [0.717, 1.165) is 42.9 Å². The summed E-state index contributed by atoms with van der Waals surface area (Å²) in [5.41, 5.74) is 0.172.